The van der Waals surface area contributed by atoms with Gasteiger partial charge in [0.1, 0.15) is 0 Å². The summed E-state index contributed by atoms with van der Waals surface area (Å²) in [6.07, 6.45) is 0. The summed E-state index contributed by atoms with van der Waals surface area (Å²) >= 11 is 0. The van der Waals surface area contributed by atoms with Gasteiger partial charge in [-0.15, -0.1) is 0 Å². The van der Waals surface area contributed by atoms with Gasteiger partial charge in [0, 0.05) is 25.2 Å². The summed E-state index contributed by atoms with van der Waals surface area (Å²) in [6.45, 7) is 8.64. The Kier molecular flexibility index (Phi) is 6.84. The predicted molar refractivity (Wildman–Crippen MR) is 107 cm³/mol. The van der Waals surface area contributed by atoms with E-state index in [1.807, 2.05) is 20.8 Å². The minimum atomic E-state index is -3.59. The van der Waals surface area contributed by atoms with Gasteiger partial charge in [0.2, 0.25) is 10.0 Å². The number of hydrogen-bond donors (Lipinski definition) is 2. The Morgan fingerprint density at radius 2 is 1.79 bits per heavy atom. The van der Waals surface area contributed by atoms with Crippen molar-refractivity contribution < 1.29 is 22.9 Å². The van der Waals surface area contributed by atoms with Crippen LogP contribution in [0.1, 0.15) is 31.1 Å². The van der Waals surface area contributed by atoms with Crippen molar-refractivity contribution in [1.82, 2.24) is 14.5 Å². The number of piperazine rings is 1. The number of nitrogens with zero attached hydrogens (tertiary/aromatic N) is 2. The first-order valence-electron chi connectivity index (χ1n) is 9.36. The van der Waals surface area contributed by atoms with Crippen LogP contribution in [-0.2, 0) is 14.8 Å². The lowest BCUT2D eigenvalue weighted by atomic mass is 10.1. The molecule has 0 radical (unpaired) electrons. The van der Waals surface area contributed by atoms with Crippen molar-refractivity contribution in [3.8, 4) is 0 Å². The first-order valence-corrected chi connectivity index (χ1v) is 10.8. The highest BCUT2D eigenvalue weighted by Crippen LogP contribution is 2.16. The topological polar surface area (TPSA) is 91.2 Å². The Labute approximate surface area is 167 Å². The van der Waals surface area contributed by atoms with Crippen LogP contribution in [0.5, 0.6) is 0 Å². The molecule has 2 rings (SSSR count). The third-order valence-corrected chi connectivity index (χ3v) is 6.35. The van der Waals surface area contributed by atoms with Crippen molar-refractivity contribution in [2.75, 3.05) is 46.8 Å². The van der Waals surface area contributed by atoms with Crippen LogP contribution in [0.2, 0.25) is 0 Å². The van der Waals surface area contributed by atoms with E-state index < -0.39 is 10.0 Å². The predicted octanol–water partition coefficient (Wildman–Crippen LogP) is -0.808. The molecule has 2 N–H and O–H groups in total. The average molecular weight is 412 g/mol. The number of rotatable bonds is 5. The highest BCUT2D eigenvalue weighted by molar-refractivity contribution is 7.89. The minimum absolute atomic E-state index is 0.00358. The second-order valence-electron chi connectivity index (χ2n) is 8.33. The Morgan fingerprint density at radius 1 is 1.18 bits per heavy atom. The Morgan fingerprint density at radius 3 is 2.32 bits per heavy atom. The first-order chi connectivity index (χ1) is 12.9. The van der Waals surface area contributed by atoms with Gasteiger partial charge in [-0.2, -0.15) is 0 Å². The Bertz CT molecular complexity index is 823. The fourth-order valence-corrected chi connectivity index (χ4v) is 4.02. The zero-order valence-corrected chi connectivity index (χ0v) is 18.1. The van der Waals surface area contributed by atoms with Crippen LogP contribution in [0.15, 0.2) is 29.2 Å². The molecule has 0 aromatic heterocycles. The van der Waals surface area contributed by atoms with Crippen LogP contribution in [-0.4, -0.2) is 81.8 Å². The number of amides is 2. The van der Waals surface area contributed by atoms with E-state index in [0.717, 1.165) is 9.21 Å². The van der Waals surface area contributed by atoms with Crippen LogP contribution in [0.25, 0.3) is 0 Å². The lowest BCUT2D eigenvalue weighted by Crippen LogP contribution is -3.16. The molecule has 28 heavy (non-hydrogen) atoms. The van der Waals surface area contributed by atoms with Crippen molar-refractivity contribution >= 4 is 21.8 Å². The van der Waals surface area contributed by atoms with Gasteiger partial charge in [-0.05, 0) is 39.0 Å². The van der Waals surface area contributed by atoms with Gasteiger partial charge in [-0.3, -0.25) is 9.59 Å². The number of carbonyl (C=O) groups is 2. The summed E-state index contributed by atoms with van der Waals surface area (Å²) in [6, 6.07) is 6.13. The van der Waals surface area contributed by atoms with Gasteiger partial charge in [0.15, 0.2) is 6.54 Å². The van der Waals surface area contributed by atoms with E-state index in [1.165, 1.54) is 26.2 Å². The van der Waals surface area contributed by atoms with E-state index in [1.54, 1.807) is 17.0 Å². The number of quaternary nitrogens is 1. The molecular weight excluding hydrogens is 380 g/mol. The van der Waals surface area contributed by atoms with Crippen molar-refractivity contribution in [3.63, 3.8) is 0 Å². The monoisotopic (exact) mass is 411 g/mol. The normalized spacial score (nSPS) is 16.3. The minimum Gasteiger partial charge on any atom is -0.347 e. The number of hydrogen-bond acceptors (Lipinski definition) is 4. The molecule has 1 aromatic carbocycles. The maximum Gasteiger partial charge on any atom is 0.275 e. The summed E-state index contributed by atoms with van der Waals surface area (Å²) in [7, 11) is -0.667. The van der Waals surface area contributed by atoms with Crippen molar-refractivity contribution in [3.05, 3.63) is 29.8 Å². The second kappa shape index (κ2) is 8.59. The quantitative estimate of drug-likeness (QED) is 0.663. The van der Waals surface area contributed by atoms with Crippen LogP contribution in [0, 0.1) is 0 Å². The highest BCUT2D eigenvalue weighted by Gasteiger charge is 2.27. The molecule has 0 atom stereocenters. The van der Waals surface area contributed by atoms with Crippen molar-refractivity contribution in [1.29, 1.82) is 0 Å². The van der Waals surface area contributed by atoms with Crippen LogP contribution in [0.3, 0.4) is 0 Å². The summed E-state index contributed by atoms with van der Waals surface area (Å²) in [5, 5.41) is 2.95. The third kappa shape index (κ3) is 5.76. The molecule has 0 bridgehead atoms. The van der Waals surface area contributed by atoms with E-state index in [4.69, 9.17) is 0 Å². The number of benzene rings is 1. The standard InChI is InChI=1S/C19H30N4O4S/c1-19(2,3)20-17(24)14-22-9-11-23(12-10-22)18(25)15-7-6-8-16(13-15)28(26,27)21(4)5/h6-8,13H,9-12,14H2,1-5H3,(H,20,24)/p+1. The van der Waals surface area contributed by atoms with Crippen molar-refractivity contribution in [2.45, 2.75) is 31.2 Å². The second-order valence-corrected chi connectivity index (χ2v) is 10.5. The molecule has 0 aliphatic carbocycles. The molecule has 1 aliphatic rings. The largest absolute Gasteiger partial charge is 0.347 e. The van der Waals surface area contributed by atoms with Gasteiger partial charge in [0.25, 0.3) is 11.8 Å². The molecule has 0 saturated carbocycles. The summed E-state index contributed by atoms with van der Waals surface area (Å²) in [4.78, 5) is 27.8. The third-order valence-electron chi connectivity index (χ3n) is 4.54. The molecule has 2 amide bonds. The van der Waals surface area contributed by atoms with Gasteiger partial charge < -0.3 is 15.1 Å². The van der Waals surface area contributed by atoms with Gasteiger partial charge in [-0.1, -0.05) is 6.07 Å². The molecule has 9 heteroatoms. The molecule has 8 nitrogen and oxygen atoms in total. The van der Waals surface area contributed by atoms with E-state index in [0.29, 0.717) is 38.3 Å². The number of nitrogens with one attached hydrogen (secondary N) is 2. The molecule has 0 spiro atoms. The van der Waals surface area contributed by atoms with Crippen LogP contribution < -0.4 is 10.2 Å². The molecular formula is C19H31N4O4S+. The van der Waals surface area contributed by atoms with Gasteiger partial charge in [0.05, 0.1) is 31.1 Å². The lowest BCUT2D eigenvalue weighted by molar-refractivity contribution is -0.896. The van der Waals surface area contributed by atoms with Gasteiger partial charge in [-0.25, -0.2) is 12.7 Å². The molecule has 1 fully saturated rings. The lowest BCUT2D eigenvalue weighted by Gasteiger charge is -2.32. The molecule has 156 valence electrons. The molecule has 1 saturated heterocycles. The van der Waals surface area contributed by atoms with E-state index in [-0.39, 0.29) is 22.2 Å². The SMILES string of the molecule is CN(C)S(=O)(=O)c1cccc(C(=O)N2CC[NH+](CC(=O)NC(C)(C)C)CC2)c1. The van der Waals surface area contributed by atoms with Crippen molar-refractivity contribution in [2.24, 2.45) is 0 Å². The zero-order chi connectivity index (χ0) is 21.1. The number of sulfonamides is 1. The summed E-state index contributed by atoms with van der Waals surface area (Å²) < 4.78 is 25.7. The Hall–Kier alpha value is -1.97. The Balaban J connectivity index is 1.98. The first kappa shape index (κ1) is 22.3. The molecule has 1 aromatic rings. The smallest absolute Gasteiger partial charge is 0.275 e. The molecule has 1 aliphatic heterocycles. The maximum atomic E-state index is 12.8. The van der Waals surface area contributed by atoms with E-state index in [2.05, 4.69) is 5.32 Å². The highest BCUT2D eigenvalue weighted by atomic mass is 32.2. The van der Waals surface area contributed by atoms with E-state index in [9.17, 15) is 18.0 Å². The fraction of sp³-hybridized carbons (Fsp3) is 0.579. The van der Waals surface area contributed by atoms with E-state index >= 15 is 0 Å². The van der Waals surface area contributed by atoms with Crippen LogP contribution >= 0.6 is 0 Å². The molecule has 1 heterocycles. The molecule has 0 unspecified atom stereocenters. The van der Waals surface area contributed by atoms with Gasteiger partial charge >= 0.3 is 0 Å². The average Bonchev–Trinajstić information content (AvgIpc) is 2.60. The number of carbonyl (C=O) groups excluding carboxylic acids is 2. The summed E-state index contributed by atoms with van der Waals surface area (Å²) in [5.41, 5.74) is 0.100. The van der Waals surface area contributed by atoms with Crippen LogP contribution in [0.4, 0.5) is 0 Å². The zero-order valence-electron chi connectivity index (χ0n) is 17.3. The summed E-state index contributed by atoms with van der Waals surface area (Å²) in [5.74, 6) is -0.183. The fourth-order valence-electron chi connectivity index (χ4n) is 3.08. The maximum absolute atomic E-state index is 12.8.